The molecule has 0 unspecified atom stereocenters. The highest BCUT2D eigenvalue weighted by atomic mass is 32.2. The van der Waals surface area contributed by atoms with E-state index in [4.69, 9.17) is 0 Å². The number of rotatable bonds is 3. The second-order valence-corrected chi connectivity index (χ2v) is 7.01. The van der Waals surface area contributed by atoms with Crippen LogP contribution >= 0.6 is 0 Å². The quantitative estimate of drug-likeness (QED) is 0.875. The molecule has 0 aromatic heterocycles. The summed E-state index contributed by atoms with van der Waals surface area (Å²) < 4.78 is 26.4. The Kier molecular flexibility index (Phi) is 3.06. The fourth-order valence-corrected chi connectivity index (χ4v) is 4.70. The maximum Gasteiger partial charge on any atom is 0.221 e. The maximum absolute atomic E-state index is 12.4. The van der Waals surface area contributed by atoms with Gasteiger partial charge in [0.25, 0.3) is 0 Å². The largest absolute Gasteiger partial charge is 0.352 e. The van der Waals surface area contributed by atoms with Crippen molar-refractivity contribution < 1.29 is 13.2 Å². The van der Waals surface area contributed by atoms with E-state index in [2.05, 4.69) is 5.32 Å². The summed E-state index contributed by atoms with van der Waals surface area (Å²) in [4.78, 5) is 11.4. The van der Waals surface area contributed by atoms with Crippen LogP contribution in [-0.2, 0) is 20.6 Å². The van der Waals surface area contributed by atoms with Crippen LogP contribution in [0.4, 0.5) is 0 Å². The van der Waals surface area contributed by atoms with Crippen molar-refractivity contribution in [3.8, 4) is 0 Å². The van der Waals surface area contributed by atoms with Gasteiger partial charge in [-0.25, -0.2) is 8.42 Å². The maximum atomic E-state index is 12.4. The van der Waals surface area contributed by atoms with Gasteiger partial charge in [0.15, 0.2) is 0 Å². The molecule has 5 nitrogen and oxygen atoms in total. The van der Waals surface area contributed by atoms with Gasteiger partial charge < -0.3 is 5.32 Å². The lowest BCUT2D eigenvalue weighted by molar-refractivity contribution is -0.119. The third-order valence-corrected chi connectivity index (χ3v) is 5.65. The number of amides is 1. The topological polar surface area (TPSA) is 66.5 Å². The third-order valence-electron chi connectivity index (χ3n) is 3.78. The molecule has 2 saturated heterocycles. The molecule has 0 radical (unpaired) electrons. The first-order valence-electron chi connectivity index (χ1n) is 6.39. The van der Waals surface area contributed by atoms with Crippen molar-refractivity contribution in [1.82, 2.24) is 9.62 Å². The first-order chi connectivity index (χ1) is 9.06. The van der Waals surface area contributed by atoms with Crippen molar-refractivity contribution in [3.63, 3.8) is 0 Å². The Morgan fingerprint density at radius 2 is 2.00 bits per heavy atom. The highest BCUT2D eigenvalue weighted by Crippen LogP contribution is 2.29. The van der Waals surface area contributed by atoms with Gasteiger partial charge >= 0.3 is 0 Å². The van der Waals surface area contributed by atoms with E-state index in [9.17, 15) is 13.2 Å². The van der Waals surface area contributed by atoms with Crippen molar-refractivity contribution in [3.05, 3.63) is 35.9 Å². The van der Waals surface area contributed by atoms with Gasteiger partial charge in [-0.2, -0.15) is 4.31 Å². The lowest BCUT2D eigenvalue weighted by Gasteiger charge is -2.22. The van der Waals surface area contributed by atoms with Gasteiger partial charge in [-0.05, 0) is 12.0 Å². The first kappa shape index (κ1) is 12.6. The molecule has 0 saturated carbocycles. The average Bonchev–Trinajstić information content (AvgIpc) is 2.88. The Hall–Kier alpha value is -1.40. The summed E-state index contributed by atoms with van der Waals surface area (Å²) in [5, 5.41) is 2.84. The summed E-state index contributed by atoms with van der Waals surface area (Å²) in [6.07, 6.45) is 1.00. The molecule has 3 rings (SSSR count). The number of nitrogens with one attached hydrogen (secondary N) is 1. The highest BCUT2D eigenvalue weighted by Gasteiger charge is 2.46. The van der Waals surface area contributed by atoms with Crippen LogP contribution in [0.25, 0.3) is 0 Å². The zero-order chi connectivity index (χ0) is 13.5. The number of carbonyl (C=O) groups is 1. The first-order valence-corrected chi connectivity index (χ1v) is 8.00. The predicted octanol–water partition coefficient (Wildman–Crippen LogP) is 0.479. The van der Waals surface area contributed by atoms with Gasteiger partial charge in [-0.15, -0.1) is 0 Å². The molecule has 2 atom stereocenters. The van der Waals surface area contributed by atoms with E-state index in [1.54, 1.807) is 0 Å². The fraction of sp³-hybridized carbons (Fsp3) is 0.462. The van der Waals surface area contributed by atoms with E-state index in [1.807, 2.05) is 30.3 Å². The molecule has 2 fully saturated rings. The molecular formula is C13H16N2O3S. The van der Waals surface area contributed by atoms with Gasteiger partial charge in [-0.3, -0.25) is 4.79 Å². The van der Waals surface area contributed by atoms with Gasteiger partial charge in [0, 0.05) is 19.0 Å². The summed E-state index contributed by atoms with van der Waals surface area (Å²) in [6.45, 7) is 0.505. The molecule has 0 spiro atoms. The third kappa shape index (κ3) is 2.37. The SMILES string of the molecule is O=C1C[C@@H]2[C@H](CCN2S(=O)(=O)Cc2ccccc2)N1. The number of benzene rings is 1. The molecule has 1 amide bonds. The smallest absolute Gasteiger partial charge is 0.221 e. The van der Waals surface area contributed by atoms with E-state index in [0.717, 1.165) is 5.56 Å². The summed E-state index contributed by atoms with van der Waals surface area (Å²) in [7, 11) is -3.35. The van der Waals surface area contributed by atoms with Gasteiger partial charge in [0.2, 0.25) is 15.9 Å². The van der Waals surface area contributed by atoms with Crippen LogP contribution in [0.1, 0.15) is 18.4 Å². The number of hydrogen-bond acceptors (Lipinski definition) is 3. The molecule has 2 aliphatic heterocycles. The van der Waals surface area contributed by atoms with E-state index < -0.39 is 10.0 Å². The van der Waals surface area contributed by atoms with Crippen LogP contribution in [0.5, 0.6) is 0 Å². The van der Waals surface area contributed by atoms with E-state index in [0.29, 0.717) is 19.4 Å². The van der Waals surface area contributed by atoms with Gasteiger partial charge in [-0.1, -0.05) is 30.3 Å². The van der Waals surface area contributed by atoms with Crippen molar-refractivity contribution in [1.29, 1.82) is 0 Å². The Balaban J connectivity index is 1.80. The standard InChI is InChI=1S/C13H16N2O3S/c16-13-8-12-11(14-13)6-7-15(12)19(17,18)9-10-4-2-1-3-5-10/h1-5,11-12H,6-9H2,(H,14,16)/t11-,12+/m0/s1. The molecule has 19 heavy (non-hydrogen) atoms. The van der Waals surface area contributed by atoms with E-state index >= 15 is 0 Å². The highest BCUT2D eigenvalue weighted by molar-refractivity contribution is 7.88. The van der Waals surface area contributed by atoms with Crippen LogP contribution in [-0.4, -0.2) is 37.3 Å². The minimum atomic E-state index is -3.35. The summed E-state index contributed by atoms with van der Waals surface area (Å²) in [5.74, 6) is -0.0414. The van der Waals surface area contributed by atoms with Crippen LogP contribution < -0.4 is 5.32 Å². The number of nitrogens with zero attached hydrogens (tertiary/aromatic N) is 1. The van der Waals surface area contributed by atoms with E-state index in [1.165, 1.54) is 4.31 Å². The summed E-state index contributed by atoms with van der Waals surface area (Å²) in [6, 6.07) is 8.95. The minimum Gasteiger partial charge on any atom is -0.352 e. The van der Waals surface area contributed by atoms with Crippen LogP contribution in [0.15, 0.2) is 30.3 Å². The summed E-state index contributed by atoms with van der Waals surface area (Å²) in [5.41, 5.74) is 0.781. The zero-order valence-electron chi connectivity index (χ0n) is 10.5. The predicted molar refractivity (Wildman–Crippen MR) is 70.7 cm³/mol. The van der Waals surface area contributed by atoms with Gasteiger partial charge in [0.05, 0.1) is 11.8 Å². The Labute approximate surface area is 112 Å². The van der Waals surface area contributed by atoms with Crippen LogP contribution in [0, 0.1) is 0 Å². The molecule has 1 aromatic carbocycles. The Bertz CT molecular complexity index is 585. The molecule has 0 bridgehead atoms. The van der Waals surface area contributed by atoms with Crippen molar-refractivity contribution >= 4 is 15.9 Å². The number of fused-ring (bicyclic) bond motifs is 1. The van der Waals surface area contributed by atoms with Crippen LogP contribution in [0.2, 0.25) is 0 Å². The average molecular weight is 280 g/mol. The molecule has 1 aromatic rings. The number of carbonyl (C=O) groups excluding carboxylic acids is 1. The minimum absolute atomic E-state index is 0.00181. The molecule has 0 aliphatic carbocycles. The monoisotopic (exact) mass is 280 g/mol. The van der Waals surface area contributed by atoms with Crippen LogP contribution in [0.3, 0.4) is 0 Å². The normalized spacial score (nSPS) is 27.3. The molecule has 1 N–H and O–H groups in total. The van der Waals surface area contributed by atoms with Crippen molar-refractivity contribution in [2.75, 3.05) is 6.54 Å². The second kappa shape index (κ2) is 4.61. The van der Waals surface area contributed by atoms with E-state index in [-0.39, 0.29) is 23.7 Å². The lowest BCUT2D eigenvalue weighted by Crippen LogP contribution is -2.39. The van der Waals surface area contributed by atoms with Gasteiger partial charge in [0.1, 0.15) is 0 Å². The van der Waals surface area contributed by atoms with Crippen molar-refractivity contribution in [2.45, 2.75) is 30.7 Å². The Morgan fingerprint density at radius 1 is 1.26 bits per heavy atom. The molecule has 2 heterocycles. The number of hydrogen-bond donors (Lipinski definition) is 1. The molecule has 2 aliphatic rings. The second-order valence-electron chi connectivity index (χ2n) is 5.09. The fourth-order valence-electron chi connectivity index (χ4n) is 2.91. The Morgan fingerprint density at radius 3 is 2.74 bits per heavy atom. The number of sulfonamides is 1. The molecule has 6 heteroatoms. The summed E-state index contributed by atoms with van der Waals surface area (Å²) >= 11 is 0. The lowest BCUT2D eigenvalue weighted by atomic mass is 10.1. The van der Waals surface area contributed by atoms with Crippen molar-refractivity contribution in [2.24, 2.45) is 0 Å². The molecule has 102 valence electrons. The molecular weight excluding hydrogens is 264 g/mol. The zero-order valence-corrected chi connectivity index (χ0v) is 11.3.